The molecule has 0 aliphatic carbocycles. The average Bonchev–Trinajstić information content (AvgIpc) is 3.17. The Morgan fingerprint density at radius 2 is 2.07 bits per heavy atom. The fraction of sp³-hybridized carbons (Fsp3) is 0.368. The molecule has 1 N–H and O–H groups in total. The second-order valence-corrected chi connectivity index (χ2v) is 6.67. The Hall–Kier alpha value is -3.03. The normalized spacial score (nSPS) is 17.1. The van der Waals surface area contributed by atoms with E-state index >= 15 is 0 Å². The molecule has 0 aromatic carbocycles. The molecule has 1 atom stereocenters. The molecule has 8 heteroatoms. The molecular weight excluding hydrogens is 345 g/mol. The van der Waals surface area contributed by atoms with Crippen LogP contribution >= 0.6 is 0 Å². The molecule has 0 bridgehead atoms. The van der Waals surface area contributed by atoms with Crippen molar-refractivity contribution >= 4 is 11.8 Å². The van der Waals surface area contributed by atoms with Crippen LogP contribution in [0.25, 0.3) is 0 Å². The van der Waals surface area contributed by atoms with Gasteiger partial charge >= 0.3 is 0 Å². The first-order chi connectivity index (χ1) is 13.2. The summed E-state index contributed by atoms with van der Waals surface area (Å²) in [6.45, 7) is 2.39. The van der Waals surface area contributed by atoms with E-state index < -0.39 is 5.82 Å². The van der Waals surface area contributed by atoms with Gasteiger partial charge in [-0.2, -0.15) is 4.98 Å². The molecule has 4 rings (SSSR count). The van der Waals surface area contributed by atoms with E-state index in [1.54, 1.807) is 19.4 Å². The third-order valence-corrected chi connectivity index (χ3v) is 4.89. The zero-order valence-electron chi connectivity index (χ0n) is 15.2. The van der Waals surface area contributed by atoms with Gasteiger partial charge in [-0.15, -0.1) is 0 Å². The summed E-state index contributed by atoms with van der Waals surface area (Å²) in [4.78, 5) is 19.3. The quantitative estimate of drug-likeness (QED) is 0.748. The minimum absolute atomic E-state index is 0.223. The number of rotatable bonds is 5. The highest BCUT2D eigenvalue weighted by Crippen LogP contribution is 2.28. The van der Waals surface area contributed by atoms with Gasteiger partial charge < -0.3 is 14.8 Å². The molecule has 0 spiro atoms. The lowest BCUT2D eigenvalue weighted by Crippen LogP contribution is -2.36. The Morgan fingerprint density at radius 1 is 1.22 bits per heavy atom. The van der Waals surface area contributed by atoms with Gasteiger partial charge in [0.15, 0.2) is 11.6 Å². The van der Waals surface area contributed by atoms with E-state index in [1.165, 1.54) is 11.8 Å². The van der Waals surface area contributed by atoms with E-state index in [0.717, 1.165) is 38.3 Å². The summed E-state index contributed by atoms with van der Waals surface area (Å²) >= 11 is 0. The number of anilines is 2. The van der Waals surface area contributed by atoms with E-state index in [9.17, 15) is 4.39 Å². The lowest BCUT2D eigenvalue weighted by molar-refractivity contribution is 0.470. The number of hydrogen-bond acceptors (Lipinski definition) is 6. The molecule has 27 heavy (non-hydrogen) atoms. The fourth-order valence-corrected chi connectivity index (χ4v) is 3.55. The largest absolute Gasteiger partial charge is 0.371 e. The highest BCUT2D eigenvalue weighted by Gasteiger charge is 2.26. The summed E-state index contributed by atoms with van der Waals surface area (Å²) in [6.07, 6.45) is 10.8. The van der Waals surface area contributed by atoms with Gasteiger partial charge in [0.25, 0.3) is 0 Å². The van der Waals surface area contributed by atoms with E-state index in [0.29, 0.717) is 5.95 Å². The van der Waals surface area contributed by atoms with Crippen LogP contribution < -0.4 is 10.2 Å². The third kappa shape index (κ3) is 3.74. The number of imidazole rings is 1. The molecule has 1 fully saturated rings. The molecule has 140 valence electrons. The predicted molar refractivity (Wildman–Crippen MR) is 101 cm³/mol. The molecule has 3 aromatic heterocycles. The second kappa shape index (κ2) is 7.69. The van der Waals surface area contributed by atoms with Gasteiger partial charge in [0.2, 0.25) is 5.95 Å². The van der Waals surface area contributed by atoms with Gasteiger partial charge in [-0.25, -0.2) is 14.4 Å². The molecule has 1 saturated heterocycles. The summed E-state index contributed by atoms with van der Waals surface area (Å²) in [5, 5.41) is 2.78. The maximum Gasteiger partial charge on any atom is 0.227 e. The smallest absolute Gasteiger partial charge is 0.227 e. The summed E-state index contributed by atoms with van der Waals surface area (Å²) in [6, 6.07) is 4.03. The number of pyridine rings is 1. The number of nitrogens with one attached hydrogen (secondary N) is 1. The van der Waals surface area contributed by atoms with E-state index in [2.05, 4.69) is 34.7 Å². The van der Waals surface area contributed by atoms with Crippen LogP contribution in [0.4, 0.5) is 16.2 Å². The molecule has 7 nitrogen and oxygen atoms in total. The van der Waals surface area contributed by atoms with Crippen LogP contribution in [0.5, 0.6) is 0 Å². The predicted octanol–water partition coefficient (Wildman–Crippen LogP) is 2.68. The van der Waals surface area contributed by atoms with Crippen LogP contribution in [-0.2, 0) is 6.54 Å². The molecule has 0 radical (unpaired) electrons. The number of nitrogens with zero attached hydrogens (tertiary/aromatic N) is 6. The molecule has 1 aliphatic rings. The zero-order valence-corrected chi connectivity index (χ0v) is 15.2. The Morgan fingerprint density at radius 3 is 2.89 bits per heavy atom. The minimum atomic E-state index is -0.442. The van der Waals surface area contributed by atoms with Crippen molar-refractivity contribution < 1.29 is 4.39 Å². The van der Waals surface area contributed by atoms with Gasteiger partial charge in [-0.1, -0.05) is 0 Å². The zero-order chi connectivity index (χ0) is 18.6. The van der Waals surface area contributed by atoms with Crippen LogP contribution in [0.2, 0.25) is 0 Å². The van der Waals surface area contributed by atoms with Crippen LogP contribution in [0.1, 0.15) is 30.1 Å². The van der Waals surface area contributed by atoms with Crippen molar-refractivity contribution in [1.29, 1.82) is 0 Å². The molecule has 0 amide bonds. The molecular formula is C19H22FN7. The molecule has 1 aliphatic heterocycles. The molecule has 0 unspecified atom stereocenters. The Bertz CT molecular complexity index is 896. The molecule has 4 heterocycles. The summed E-state index contributed by atoms with van der Waals surface area (Å²) in [5.74, 6) is 1.68. The van der Waals surface area contributed by atoms with E-state index in [1.807, 2.05) is 24.5 Å². The van der Waals surface area contributed by atoms with Crippen molar-refractivity contribution in [2.75, 3.05) is 30.4 Å². The SMILES string of the molecule is CNc1nc(N2CCC[C@H](c3nccn3Cc3ccncc3)C2)ncc1F. The average molecular weight is 367 g/mol. The highest BCUT2D eigenvalue weighted by molar-refractivity contribution is 5.42. The first-order valence-electron chi connectivity index (χ1n) is 9.10. The van der Waals surface area contributed by atoms with Crippen molar-refractivity contribution in [3.05, 3.63) is 60.3 Å². The second-order valence-electron chi connectivity index (χ2n) is 6.67. The fourth-order valence-electron chi connectivity index (χ4n) is 3.55. The highest BCUT2D eigenvalue weighted by atomic mass is 19.1. The van der Waals surface area contributed by atoms with Gasteiger partial charge in [-0.05, 0) is 30.5 Å². The Balaban J connectivity index is 1.53. The van der Waals surface area contributed by atoms with Gasteiger partial charge in [0, 0.05) is 57.4 Å². The summed E-state index contributed by atoms with van der Waals surface area (Å²) in [7, 11) is 1.66. The minimum Gasteiger partial charge on any atom is -0.371 e. The van der Waals surface area contributed by atoms with E-state index in [-0.39, 0.29) is 11.7 Å². The molecule has 3 aromatic rings. The summed E-state index contributed by atoms with van der Waals surface area (Å²) in [5.41, 5.74) is 1.19. The van der Waals surface area contributed by atoms with Crippen molar-refractivity contribution in [2.45, 2.75) is 25.3 Å². The Labute approximate surface area is 157 Å². The van der Waals surface area contributed by atoms with Crippen LogP contribution in [0.15, 0.2) is 43.1 Å². The monoisotopic (exact) mass is 367 g/mol. The number of piperidine rings is 1. The van der Waals surface area contributed by atoms with E-state index in [4.69, 9.17) is 0 Å². The number of halogens is 1. The van der Waals surface area contributed by atoms with Crippen LogP contribution in [0.3, 0.4) is 0 Å². The van der Waals surface area contributed by atoms with Crippen molar-refractivity contribution in [3.63, 3.8) is 0 Å². The first kappa shape index (κ1) is 17.4. The topological polar surface area (TPSA) is 71.8 Å². The lowest BCUT2D eigenvalue weighted by atomic mass is 9.97. The maximum atomic E-state index is 13.7. The summed E-state index contributed by atoms with van der Waals surface area (Å²) < 4.78 is 15.9. The van der Waals surface area contributed by atoms with Crippen molar-refractivity contribution in [3.8, 4) is 0 Å². The van der Waals surface area contributed by atoms with Crippen LogP contribution in [0, 0.1) is 5.82 Å². The van der Waals surface area contributed by atoms with Gasteiger partial charge in [0.1, 0.15) is 5.82 Å². The maximum absolute atomic E-state index is 13.7. The van der Waals surface area contributed by atoms with Gasteiger partial charge in [-0.3, -0.25) is 4.98 Å². The number of hydrogen-bond donors (Lipinski definition) is 1. The van der Waals surface area contributed by atoms with Crippen molar-refractivity contribution in [1.82, 2.24) is 24.5 Å². The standard InChI is InChI=1S/C19H22FN7/c1-21-17-16(20)11-24-19(25-17)27-9-2-3-15(13-27)18-23-8-10-26(18)12-14-4-6-22-7-5-14/h4-8,10-11,15H,2-3,9,12-13H2,1H3,(H,21,24,25)/t15-/m0/s1. The van der Waals surface area contributed by atoms with Gasteiger partial charge in [0.05, 0.1) is 6.20 Å². The van der Waals surface area contributed by atoms with Crippen molar-refractivity contribution in [2.24, 2.45) is 0 Å². The first-order valence-corrected chi connectivity index (χ1v) is 9.10. The van der Waals surface area contributed by atoms with Crippen LogP contribution in [-0.4, -0.2) is 44.6 Å². The Kier molecular flexibility index (Phi) is 4.95. The number of aromatic nitrogens is 5. The molecule has 0 saturated carbocycles. The third-order valence-electron chi connectivity index (χ3n) is 4.89. The lowest BCUT2D eigenvalue weighted by Gasteiger charge is -2.32.